The molecule has 0 amide bonds. The molecular weight excluding hydrogens is 306 g/mol. The molecule has 3 rings (SSSR count). The summed E-state index contributed by atoms with van der Waals surface area (Å²) >= 11 is 0. The maximum absolute atomic E-state index is 12.5. The Balaban J connectivity index is 1.87. The van der Waals surface area contributed by atoms with Crippen LogP contribution in [0, 0.1) is 0 Å². The lowest BCUT2D eigenvalue weighted by atomic mass is 10.2. The molecule has 0 unspecified atom stereocenters. The highest BCUT2D eigenvalue weighted by Gasteiger charge is 2.24. The van der Waals surface area contributed by atoms with E-state index >= 15 is 0 Å². The fraction of sp³-hybridized carbons (Fsp3) is 0.462. The third kappa shape index (κ3) is 2.89. The Labute approximate surface area is 128 Å². The van der Waals surface area contributed by atoms with Gasteiger partial charge in [-0.3, -0.25) is 9.71 Å². The Morgan fingerprint density at radius 3 is 3.00 bits per heavy atom. The smallest absolute Gasteiger partial charge is 0.280 e. The van der Waals surface area contributed by atoms with E-state index in [4.69, 9.17) is 4.74 Å². The van der Waals surface area contributed by atoms with Crippen LogP contribution in [0.25, 0.3) is 0 Å². The van der Waals surface area contributed by atoms with Crippen LogP contribution in [0.1, 0.15) is 25.6 Å². The number of rotatable bonds is 5. The minimum absolute atomic E-state index is 0.123. The topological polar surface area (TPSA) is 99.0 Å². The number of sulfonamides is 1. The summed E-state index contributed by atoms with van der Waals surface area (Å²) in [4.78, 5) is 12.2. The van der Waals surface area contributed by atoms with Crippen molar-refractivity contribution in [1.82, 2.24) is 19.5 Å². The molecule has 22 heavy (non-hydrogen) atoms. The predicted octanol–water partition coefficient (Wildman–Crippen LogP) is 1.21. The van der Waals surface area contributed by atoms with Gasteiger partial charge in [0, 0.05) is 13.0 Å². The molecule has 8 nitrogen and oxygen atoms in total. The number of ether oxygens (including phenoxy) is 1. The Morgan fingerprint density at radius 1 is 1.32 bits per heavy atom. The number of fused-ring (bicyclic) bond motifs is 1. The molecule has 0 saturated carbocycles. The summed E-state index contributed by atoms with van der Waals surface area (Å²) in [5, 5.41) is 0.158. The van der Waals surface area contributed by atoms with Gasteiger partial charge in [0.15, 0.2) is 10.8 Å². The van der Waals surface area contributed by atoms with E-state index in [1.807, 2.05) is 6.92 Å². The second-order valence-electron chi connectivity index (χ2n) is 4.90. The quantitative estimate of drug-likeness (QED) is 0.888. The van der Waals surface area contributed by atoms with Gasteiger partial charge in [-0.05, 0) is 19.8 Å². The molecule has 1 aliphatic rings. The van der Waals surface area contributed by atoms with Crippen LogP contribution in [0.3, 0.4) is 0 Å². The first kappa shape index (κ1) is 14.8. The van der Waals surface area contributed by atoms with Crippen molar-refractivity contribution < 1.29 is 13.2 Å². The third-order valence-electron chi connectivity index (χ3n) is 3.35. The monoisotopic (exact) mass is 323 g/mol. The standard InChI is InChI=1S/C13H17N5O3S/c1-2-21-12-8-14-7-10(16-12)17-22(19,20)13-9-15-11-5-3-4-6-18(11)13/h7-9H,2-6H2,1H3,(H,16,17). The van der Waals surface area contributed by atoms with E-state index in [0.717, 1.165) is 25.1 Å². The maximum atomic E-state index is 12.5. The van der Waals surface area contributed by atoms with Gasteiger partial charge in [-0.15, -0.1) is 0 Å². The number of hydrogen-bond acceptors (Lipinski definition) is 6. The number of hydrogen-bond donors (Lipinski definition) is 1. The van der Waals surface area contributed by atoms with Crippen molar-refractivity contribution in [1.29, 1.82) is 0 Å². The summed E-state index contributed by atoms with van der Waals surface area (Å²) in [5.74, 6) is 1.20. The summed E-state index contributed by atoms with van der Waals surface area (Å²) in [5.41, 5.74) is 0. The number of imidazole rings is 1. The lowest BCUT2D eigenvalue weighted by Gasteiger charge is -2.16. The second-order valence-corrected chi connectivity index (χ2v) is 6.53. The molecule has 0 atom stereocenters. The molecule has 0 radical (unpaired) electrons. The third-order valence-corrected chi connectivity index (χ3v) is 4.71. The normalized spacial score (nSPS) is 14.4. The van der Waals surface area contributed by atoms with Crippen molar-refractivity contribution in [3.05, 3.63) is 24.4 Å². The van der Waals surface area contributed by atoms with Crippen molar-refractivity contribution >= 4 is 15.8 Å². The highest BCUT2D eigenvalue weighted by atomic mass is 32.2. The molecular formula is C13H17N5O3S. The van der Waals surface area contributed by atoms with Crippen molar-refractivity contribution in [3.63, 3.8) is 0 Å². The zero-order valence-electron chi connectivity index (χ0n) is 12.2. The highest BCUT2D eigenvalue weighted by Crippen LogP contribution is 2.21. The van der Waals surface area contributed by atoms with E-state index in [9.17, 15) is 8.42 Å². The van der Waals surface area contributed by atoms with Crippen LogP contribution in [-0.2, 0) is 23.0 Å². The van der Waals surface area contributed by atoms with Crippen molar-refractivity contribution in [2.75, 3.05) is 11.3 Å². The van der Waals surface area contributed by atoms with Gasteiger partial charge < -0.3 is 9.30 Å². The number of nitrogens with one attached hydrogen (secondary N) is 1. The summed E-state index contributed by atoms with van der Waals surface area (Å²) in [6, 6.07) is 0. The zero-order chi connectivity index (χ0) is 15.6. The lowest BCUT2D eigenvalue weighted by Crippen LogP contribution is -2.21. The Bertz CT molecular complexity index is 772. The van der Waals surface area contributed by atoms with Gasteiger partial charge in [-0.2, -0.15) is 13.4 Å². The Kier molecular flexibility index (Phi) is 3.97. The largest absolute Gasteiger partial charge is 0.477 e. The number of aryl methyl sites for hydroxylation is 1. The number of nitrogens with zero attached hydrogens (tertiary/aromatic N) is 4. The van der Waals surface area contributed by atoms with Gasteiger partial charge in [0.1, 0.15) is 5.82 Å². The molecule has 0 spiro atoms. The minimum Gasteiger partial charge on any atom is -0.477 e. The molecule has 1 aliphatic heterocycles. The summed E-state index contributed by atoms with van der Waals surface area (Å²) in [6.45, 7) is 2.91. The number of aromatic nitrogens is 4. The molecule has 1 N–H and O–H groups in total. The van der Waals surface area contributed by atoms with Gasteiger partial charge in [0.25, 0.3) is 10.0 Å². The first-order valence-electron chi connectivity index (χ1n) is 7.12. The molecule has 118 valence electrons. The van der Waals surface area contributed by atoms with Gasteiger partial charge >= 0.3 is 0 Å². The second kappa shape index (κ2) is 5.91. The minimum atomic E-state index is -3.75. The van der Waals surface area contributed by atoms with Crippen molar-refractivity contribution in [2.24, 2.45) is 0 Å². The summed E-state index contributed by atoms with van der Waals surface area (Å²) < 4.78 is 34.4. The van der Waals surface area contributed by atoms with Crippen LogP contribution in [-0.4, -0.2) is 34.5 Å². The van der Waals surface area contributed by atoms with Gasteiger partial charge in [-0.1, -0.05) is 0 Å². The highest BCUT2D eigenvalue weighted by molar-refractivity contribution is 7.92. The van der Waals surface area contributed by atoms with E-state index in [1.54, 1.807) is 4.57 Å². The van der Waals surface area contributed by atoms with E-state index < -0.39 is 10.0 Å². The molecule has 3 heterocycles. The van der Waals surface area contributed by atoms with E-state index in [-0.39, 0.29) is 16.7 Å². The predicted molar refractivity (Wildman–Crippen MR) is 79.2 cm³/mol. The molecule has 0 aliphatic carbocycles. The molecule has 0 fully saturated rings. The van der Waals surface area contributed by atoms with Crippen molar-refractivity contribution in [3.8, 4) is 5.88 Å². The maximum Gasteiger partial charge on any atom is 0.280 e. The Hall–Kier alpha value is -2.16. The van der Waals surface area contributed by atoms with Crippen LogP contribution in [0.15, 0.2) is 23.6 Å². The Morgan fingerprint density at radius 2 is 2.18 bits per heavy atom. The number of anilines is 1. The molecule has 2 aromatic heterocycles. The molecule has 0 bridgehead atoms. The fourth-order valence-electron chi connectivity index (χ4n) is 2.41. The SMILES string of the molecule is CCOc1cncc(NS(=O)(=O)c2cnc3n2CCCC3)n1. The molecule has 2 aromatic rings. The fourth-order valence-corrected chi connectivity index (χ4v) is 3.56. The molecule has 0 saturated heterocycles. The van der Waals surface area contributed by atoms with Gasteiger partial charge in [-0.25, -0.2) is 4.98 Å². The van der Waals surface area contributed by atoms with E-state index in [2.05, 4.69) is 19.7 Å². The van der Waals surface area contributed by atoms with Gasteiger partial charge in [0.2, 0.25) is 5.88 Å². The van der Waals surface area contributed by atoms with Crippen LogP contribution in [0.5, 0.6) is 5.88 Å². The average molecular weight is 323 g/mol. The van der Waals surface area contributed by atoms with Crippen LogP contribution < -0.4 is 9.46 Å². The van der Waals surface area contributed by atoms with Gasteiger partial charge in [0.05, 0.1) is 25.2 Å². The molecule has 0 aromatic carbocycles. The van der Waals surface area contributed by atoms with Crippen LogP contribution >= 0.6 is 0 Å². The van der Waals surface area contributed by atoms with Crippen molar-refractivity contribution in [2.45, 2.75) is 37.8 Å². The summed E-state index contributed by atoms with van der Waals surface area (Å²) in [7, 11) is -3.75. The average Bonchev–Trinajstić information content (AvgIpc) is 2.92. The molecule has 9 heteroatoms. The van der Waals surface area contributed by atoms with E-state index in [0.29, 0.717) is 13.2 Å². The lowest BCUT2D eigenvalue weighted by molar-refractivity contribution is 0.326. The van der Waals surface area contributed by atoms with E-state index in [1.165, 1.54) is 18.6 Å². The van der Waals surface area contributed by atoms with Crippen LogP contribution in [0.4, 0.5) is 5.82 Å². The first-order chi connectivity index (χ1) is 10.6. The van der Waals surface area contributed by atoms with Crippen LogP contribution in [0.2, 0.25) is 0 Å². The first-order valence-corrected chi connectivity index (χ1v) is 8.60. The summed E-state index contributed by atoms with van der Waals surface area (Å²) in [6.07, 6.45) is 6.95. The zero-order valence-corrected chi connectivity index (χ0v) is 13.0.